The Morgan fingerprint density at radius 1 is 1.08 bits per heavy atom. The second kappa shape index (κ2) is 13.1. The molecule has 1 rings (SSSR count). The van der Waals surface area contributed by atoms with E-state index >= 15 is 0 Å². The number of nitrogens with zero attached hydrogens (tertiary/aromatic N) is 1. The van der Waals surface area contributed by atoms with Gasteiger partial charge in [-0.1, -0.05) is 44.4 Å². The first-order valence-corrected chi connectivity index (χ1v) is 12.3. The average Bonchev–Trinajstić information content (AvgIpc) is 2.81. The quantitative estimate of drug-likeness (QED) is 0.384. The van der Waals surface area contributed by atoms with Crippen molar-refractivity contribution >= 4 is 23.9 Å². The smallest absolute Gasteiger partial charge is 0.408 e. The first kappa shape index (κ1) is 31.5. The summed E-state index contributed by atoms with van der Waals surface area (Å²) in [6.07, 6.45) is 5.57. The number of hydrogen-bond acceptors (Lipinski definition) is 6. The van der Waals surface area contributed by atoms with Crippen LogP contribution in [0.25, 0.3) is 0 Å². The molecule has 3 unspecified atom stereocenters. The number of terminal acetylenes is 1. The van der Waals surface area contributed by atoms with Gasteiger partial charge in [-0.2, -0.15) is 0 Å². The Bertz CT molecular complexity index is 1020. The second-order valence-electron chi connectivity index (χ2n) is 10.8. The molecular weight excluding hydrogens is 474 g/mol. The molecule has 0 radical (unpaired) electrons. The summed E-state index contributed by atoms with van der Waals surface area (Å²) in [4.78, 5) is 53.7. The van der Waals surface area contributed by atoms with Crippen molar-refractivity contribution in [3.05, 3.63) is 35.4 Å². The van der Waals surface area contributed by atoms with Crippen LogP contribution in [0.2, 0.25) is 0 Å². The highest BCUT2D eigenvalue weighted by atomic mass is 16.6. The molecule has 0 saturated heterocycles. The zero-order valence-corrected chi connectivity index (χ0v) is 23.4. The predicted octanol–water partition coefficient (Wildman–Crippen LogP) is 3.56. The summed E-state index contributed by atoms with van der Waals surface area (Å²) in [7, 11) is 1.21. The van der Waals surface area contributed by atoms with Crippen LogP contribution in [0.15, 0.2) is 24.3 Å². The number of rotatable bonds is 9. The van der Waals surface area contributed by atoms with E-state index in [-0.39, 0.29) is 12.5 Å². The number of amides is 3. The molecule has 0 aliphatic rings. The highest BCUT2D eigenvalue weighted by molar-refractivity contribution is 5.94. The van der Waals surface area contributed by atoms with Gasteiger partial charge in [-0.3, -0.25) is 14.4 Å². The summed E-state index contributed by atoms with van der Waals surface area (Å²) in [5.41, 5.74) is -0.828. The lowest BCUT2D eigenvalue weighted by molar-refractivity contribution is -0.150. The van der Waals surface area contributed by atoms with Crippen LogP contribution in [0.4, 0.5) is 4.79 Å². The van der Waals surface area contributed by atoms with Gasteiger partial charge in [-0.15, -0.1) is 6.42 Å². The van der Waals surface area contributed by atoms with E-state index in [4.69, 9.17) is 11.2 Å². The molecule has 1 aromatic carbocycles. The molecule has 0 aliphatic heterocycles. The average molecular weight is 516 g/mol. The van der Waals surface area contributed by atoms with Crippen molar-refractivity contribution in [2.75, 3.05) is 13.7 Å². The van der Waals surface area contributed by atoms with Crippen LogP contribution in [-0.4, -0.2) is 59.6 Å². The molecule has 0 spiro atoms. The third kappa shape index (κ3) is 9.12. The zero-order chi connectivity index (χ0) is 28.6. The molecule has 204 valence electrons. The summed E-state index contributed by atoms with van der Waals surface area (Å²) >= 11 is 0. The number of carbonyl (C=O) groups is 4. The monoisotopic (exact) mass is 515 g/mol. The summed E-state index contributed by atoms with van der Waals surface area (Å²) in [6, 6.07) is 4.60. The minimum absolute atomic E-state index is 0.286. The molecule has 0 heterocycles. The maximum Gasteiger partial charge on any atom is 0.408 e. The third-order valence-electron chi connectivity index (χ3n) is 5.66. The SMILES string of the molecule is C#Cc1ccccc1C(C(=O)NCC(=O)OC)N(C(=O)C(NC(=O)OC(C)(C)C)C(C)CC)C(C)(C)C. The van der Waals surface area contributed by atoms with Crippen molar-refractivity contribution in [1.82, 2.24) is 15.5 Å². The zero-order valence-electron chi connectivity index (χ0n) is 23.4. The lowest BCUT2D eigenvalue weighted by Gasteiger charge is -2.44. The maximum absolute atomic E-state index is 14.2. The van der Waals surface area contributed by atoms with E-state index in [0.29, 0.717) is 17.5 Å². The molecule has 0 fully saturated rings. The largest absolute Gasteiger partial charge is 0.468 e. The summed E-state index contributed by atoms with van der Waals surface area (Å²) in [5.74, 6) is 0.542. The van der Waals surface area contributed by atoms with Crippen molar-refractivity contribution in [3.63, 3.8) is 0 Å². The van der Waals surface area contributed by atoms with Gasteiger partial charge in [0.2, 0.25) is 11.8 Å². The van der Waals surface area contributed by atoms with E-state index < -0.39 is 47.1 Å². The van der Waals surface area contributed by atoms with Crippen LogP contribution >= 0.6 is 0 Å². The molecule has 9 nitrogen and oxygen atoms in total. The van der Waals surface area contributed by atoms with Crippen LogP contribution in [0, 0.1) is 18.3 Å². The van der Waals surface area contributed by atoms with Crippen molar-refractivity contribution < 1.29 is 28.7 Å². The minimum Gasteiger partial charge on any atom is -0.468 e. The van der Waals surface area contributed by atoms with Gasteiger partial charge in [-0.25, -0.2) is 4.79 Å². The van der Waals surface area contributed by atoms with Gasteiger partial charge in [0.05, 0.1) is 7.11 Å². The Morgan fingerprint density at radius 2 is 1.68 bits per heavy atom. The van der Waals surface area contributed by atoms with Gasteiger partial charge in [0.1, 0.15) is 24.2 Å². The summed E-state index contributed by atoms with van der Waals surface area (Å²) in [6.45, 7) is 13.9. The molecule has 0 saturated carbocycles. The van der Waals surface area contributed by atoms with E-state index in [1.807, 2.05) is 13.8 Å². The molecule has 2 N–H and O–H groups in total. The first-order valence-electron chi connectivity index (χ1n) is 12.3. The lowest BCUT2D eigenvalue weighted by atomic mass is 9.90. The summed E-state index contributed by atoms with van der Waals surface area (Å²) < 4.78 is 10.1. The van der Waals surface area contributed by atoms with E-state index in [1.54, 1.807) is 65.8 Å². The number of esters is 1. The van der Waals surface area contributed by atoms with Gasteiger partial charge in [0.25, 0.3) is 0 Å². The number of hydrogen-bond donors (Lipinski definition) is 2. The number of benzene rings is 1. The number of nitrogens with one attached hydrogen (secondary N) is 2. The molecule has 9 heteroatoms. The molecule has 0 aromatic heterocycles. The van der Waals surface area contributed by atoms with Gasteiger partial charge in [-0.05, 0) is 59.1 Å². The number of ether oxygens (including phenoxy) is 2. The van der Waals surface area contributed by atoms with E-state index in [0.717, 1.165) is 0 Å². The fourth-order valence-electron chi connectivity index (χ4n) is 3.71. The van der Waals surface area contributed by atoms with Crippen molar-refractivity contribution in [3.8, 4) is 12.3 Å². The van der Waals surface area contributed by atoms with Gasteiger partial charge in [0, 0.05) is 11.1 Å². The molecule has 3 atom stereocenters. The van der Waals surface area contributed by atoms with E-state index in [1.165, 1.54) is 12.0 Å². The highest BCUT2D eigenvalue weighted by Gasteiger charge is 2.43. The Kier molecular flexibility index (Phi) is 11.2. The van der Waals surface area contributed by atoms with Crippen molar-refractivity contribution in [1.29, 1.82) is 0 Å². The molecule has 1 aromatic rings. The number of methoxy groups -OCH3 is 1. The van der Waals surface area contributed by atoms with Gasteiger partial charge in [0.15, 0.2) is 0 Å². The Hall–Kier alpha value is -3.54. The Morgan fingerprint density at radius 3 is 2.16 bits per heavy atom. The Balaban J connectivity index is 3.68. The Labute approximate surface area is 220 Å². The fraction of sp³-hybridized carbons (Fsp3) is 0.571. The van der Waals surface area contributed by atoms with Gasteiger partial charge < -0.3 is 25.0 Å². The normalized spacial score (nSPS) is 13.8. The molecular formula is C28H41N3O6. The first-order chi connectivity index (χ1) is 17.1. The molecule has 0 bridgehead atoms. The van der Waals surface area contributed by atoms with Crippen LogP contribution in [0.1, 0.15) is 79.0 Å². The second-order valence-corrected chi connectivity index (χ2v) is 10.8. The van der Waals surface area contributed by atoms with Crippen LogP contribution in [0.5, 0.6) is 0 Å². The number of alkyl carbamates (subject to hydrolysis) is 1. The summed E-state index contributed by atoms with van der Waals surface area (Å²) in [5, 5.41) is 5.27. The van der Waals surface area contributed by atoms with Gasteiger partial charge >= 0.3 is 12.1 Å². The van der Waals surface area contributed by atoms with Crippen LogP contribution in [0.3, 0.4) is 0 Å². The third-order valence-corrected chi connectivity index (χ3v) is 5.66. The highest BCUT2D eigenvalue weighted by Crippen LogP contribution is 2.32. The fourth-order valence-corrected chi connectivity index (χ4v) is 3.71. The van der Waals surface area contributed by atoms with Crippen LogP contribution < -0.4 is 10.6 Å². The van der Waals surface area contributed by atoms with E-state index in [9.17, 15) is 19.2 Å². The van der Waals surface area contributed by atoms with Crippen molar-refractivity contribution in [2.45, 2.75) is 85.0 Å². The maximum atomic E-state index is 14.2. The standard InChI is InChI=1S/C28H41N3O6/c1-11-18(3)22(30-26(35)37-28(7,8)9)25(34)31(27(4,5)6)23(24(33)29-17-21(32)36-10)20-16-14-13-15-19(20)12-2/h2,13-16,18,22-23H,11,17H2,1,3-10H3,(H,29,33)(H,30,35). The van der Waals surface area contributed by atoms with E-state index in [2.05, 4.69) is 21.3 Å². The minimum atomic E-state index is -1.20. The van der Waals surface area contributed by atoms with Crippen LogP contribution in [-0.2, 0) is 23.9 Å². The molecule has 3 amide bonds. The topological polar surface area (TPSA) is 114 Å². The number of carbonyl (C=O) groups excluding carboxylic acids is 4. The molecule has 37 heavy (non-hydrogen) atoms. The lowest BCUT2D eigenvalue weighted by Crippen LogP contribution is -2.60. The van der Waals surface area contributed by atoms with Crippen molar-refractivity contribution in [2.24, 2.45) is 5.92 Å². The predicted molar refractivity (Wildman–Crippen MR) is 141 cm³/mol. The molecule has 0 aliphatic carbocycles.